The molecule has 0 bridgehead atoms. The van der Waals surface area contributed by atoms with E-state index in [2.05, 4.69) is 11.7 Å². The van der Waals surface area contributed by atoms with Crippen LogP contribution in [0.1, 0.15) is 121 Å². The predicted octanol–water partition coefficient (Wildman–Crippen LogP) is 8.64. The van der Waals surface area contributed by atoms with Crippen LogP contribution in [0.5, 0.6) is 0 Å². The SMILES string of the molecule is CCCCCCCCCCCCCCCCOC(=O)CCC(=O)OC(c1ccccc1)C(F)(F)F. The van der Waals surface area contributed by atoms with Gasteiger partial charge in [0.25, 0.3) is 0 Å². The van der Waals surface area contributed by atoms with Crippen molar-refractivity contribution in [1.29, 1.82) is 0 Å². The molecular weight excluding hydrogens is 457 g/mol. The standard InChI is InChI=1S/C28H43F3O4/c1-2-3-4-5-6-7-8-9-10-11-12-13-14-18-23-34-25(32)21-22-26(33)35-27(28(29,30)31)24-19-16-15-17-20-24/h15-17,19-20,27H,2-14,18,21-23H2,1H3. The van der Waals surface area contributed by atoms with E-state index in [1.807, 2.05) is 0 Å². The first kappa shape index (κ1) is 31.0. The number of hydrogen-bond donors (Lipinski definition) is 0. The molecule has 0 aliphatic rings. The molecule has 0 aromatic heterocycles. The summed E-state index contributed by atoms with van der Waals surface area (Å²) in [6.07, 6.45) is 9.43. The number of halogens is 3. The van der Waals surface area contributed by atoms with E-state index in [4.69, 9.17) is 4.74 Å². The number of ether oxygens (including phenoxy) is 2. The van der Waals surface area contributed by atoms with Crippen molar-refractivity contribution in [2.24, 2.45) is 0 Å². The summed E-state index contributed by atoms with van der Waals surface area (Å²) in [6, 6.07) is 6.95. The second-order valence-electron chi connectivity index (χ2n) is 9.14. The van der Waals surface area contributed by atoms with Crippen molar-refractivity contribution < 1.29 is 32.2 Å². The lowest BCUT2D eigenvalue weighted by Gasteiger charge is -2.21. The largest absolute Gasteiger partial charge is 0.466 e. The number of carbonyl (C=O) groups is 2. The van der Waals surface area contributed by atoms with Gasteiger partial charge in [-0.05, 0) is 6.42 Å². The molecule has 200 valence electrons. The molecule has 1 aromatic carbocycles. The van der Waals surface area contributed by atoms with Crippen molar-refractivity contribution in [3.8, 4) is 0 Å². The average molecular weight is 501 g/mol. The molecule has 0 heterocycles. The van der Waals surface area contributed by atoms with E-state index in [1.54, 1.807) is 6.07 Å². The monoisotopic (exact) mass is 500 g/mol. The fourth-order valence-corrected chi connectivity index (χ4v) is 3.90. The second kappa shape index (κ2) is 19.2. The number of esters is 2. The first-order chi connectivity index (χ1) is 16.8. The van der Waals surface area contributed by atoms with Crippen LogP contribution >= 0.6 is 0 Å². The van der Waals surface area contributed by atoms with Crippen LogP contribution in [0.25, 0.3) is 0 Å². The molecule has 1 aromatic rings. The number of carbonyl (C=O) groups excluding carboxylic acids is 2. The lowest BCUT2D eigenvalue weighted by atomic mass is 10.0. The van der Waals surface area contributed by atoms with Gasteiger partial charge in [-0.3, -0.25) is 9.59 Å². The smallest absolute Gasteiger partial charge is 0.429 e. The van der Waals surface area contributed by atoms with Crippen LogP contribution in [0.2, 0.25) is 0 Å². The molecule has 0 radical (unpaired) electrons. The molecule has 35 heavy (non-hydrogen) atoms. The number of rotatable bonds is 20. The van der Waals surface area contributed by atoms with E-state index < -0.39 is 30.6 Å². The summed E-state index contributed by atoms with van der Waals surface area (Å²) in [6.45, 7) is 2.50. The quantitative estimate of drug-likeness (QED) is 0.133. The van der Waals surface area contributed by atoms with Gasteiger partial charge in [-0.1, -0.05) is 121 Å². The van der Waals surface area contributed by atoms with E-state index in [0.717, 1.165) is 19.3 Å². The maximum Gasteiger partial charge on any atom is 0.429 e. The van der Waals surface area contributed by atoms with E-state index in [-0.39, 0.29) is 18.6 Å². The lowest BCUT2D eigenvalue weighted by Crippen LogP contribution is -2.26. The van der Waals surface area contributed by atoms with Crippen molar-refractivity contribution in [3.63, 3.8) is 0 Å². The Balaban J connectivity index is 2.02. The summed E-state index contributed by atoms with van der Waals surface area (Å²) in [5.74, 6) is -1.68. The van der Waals surface area contributed by atoms with Gasteiger partial charge in [0, 0.05) is 5.56 Å². The minimum Gasteiger partial charge on any atom is -0.466 e. The molecule has 1 rings (SSSR count). The minimum atomic E-state index is -4.73. The first-order valence-corrected chi connectivity index (χ1v) is 13.3. The highest BCUT2D eigenvalue weighted by Crippen LogP contribution is 2.36. The van der Waals surface area contributed by atoms with Crippen LogP contribution in [0.4, 0.5) is 13.2 Å². The molecule has 0 N–H and O–H groups in total. The molecule has 0 saturated carbocycles. The Hall–Kier alpha value is -2.05. The van der Waals surface area contributed by atoms with Crippen LogP contribution in [0, 0.1) is 0 Å². The van der Waals surface area contributed by atoms with E-state index in [1.165, 1.54) is 94.9 Å². The van der Waals surface area contributed by atoms with Gasteiger partial charge < -0.3 is 9.47 Å². The molecule has 0 spiro atoms. The molecular formula is C28H43F3O4. The Bertz CT molecular complexity index is 677. The lowest BCUT2D eigenvalue weighted by molar-refractivity contribution is -0.224. The Morgan fingerprint density at radius 2 is 1.17 bits per heavy atom. The van der Waals surface area contributed by atoms with Gasteiger partial charge in [0.1, 0.15) is 0 Å². The van der Waals surface area contributed by atoms with Crippen molar-refractivity contribution in [2.75, 3.05) is 6.61 Å². The number of hydrogen-bond acceptors (Lipinski definition) is 4. The number of unbranched alkanes of at least 4 members (excludes halogenated alkanes) is 13. The van der Waals surface area contributed by atoms with Crippen LogP contribution in [-0.2, 0) is 19.1 Å². The highest BCUT2D eigenvalue weighted by atomic mass is 19.4. The minimum absolute atomic E-state index is 0.159. The highest BCUT2D eigenvalue weighted by Gasteiger charge is 2.44. The maximum absolute atomic E-state index is 13.2. The van der Waals surface area contributed by atoms with Crippen LogP contribution < -0.4 is 0 Å². The van der Waals surface area contributed by atoms with Crippen molar-refractivity contribution in [1.82, 2.24) is 0 Å². The Kier molecular flexibility index (Phi) is 17.0. The molecule has 0 saturated heterocycles. The molecule has 1 unspecified atom stereocenters. The van der Waals surface area contributed by atoms with Crippen LogP contribution in [-0.4, -0.2) is 24.7 Å². The van der Waals surface area contributed by atoms with Crippen molar-refractivity contribution in [2.45, 2.75) is 122 Å². The van der Waals surface area contributed by atoms with Crippen LogP contribution in [0.3, 0.4) is 0 Å². The summed E-state index contributed by atoms with van der Waals surface area (Å²) < 4.78 is 49.4. The van der Waals surface area contributed by atoms with Gasteiger partial charge in [-0.15, -0.1) is 0 Å². The van der Waals surface area contributed by atoms with Crippen molar-refractivity contribution >= 4 is 11.9 Å². The molecule has 4 nitrogen and oxygen atoms in total. The van der Waals surface area contributed by atoms with Gasteiger partial charge in [-0.2, -0.15) is 13.2 Å². The fourth-order valence-electron chi connectivity index (χ4n) is 3.90. The maximum atomic E-state index is 13.2. The zero-order chi connectivity index (χ0) is 25.8. The molecule has 0 fully saturated rings. The van der Waals surface area contributed by atoms with Gasteiger partial charge in [-0.25, -0.2) is 0 Å². The summed E-state index contributed by atoms with van der Waals surface area (Å²) in [7, 11) is 0. The van der Waals surface area contributed by atoms with E-state index in [9.17, 15) is 22.8 Å². The van der Waals surface area contributed by atoms with Gasteiger partial charge in [0.2, 0.25) is 6.10 Å². The average Bonchev–Trinajstić information content (AvgIpc) is 2.83. The summed E-state index contributed by atoms with van der Waals surface area (Å²) in [5.41, 5.74) is -0.159. The van der Waals surface area contributed by atoms with E-state index >= 15 is 0 Å². The normalized spacial score (nSPS) is 12.3. The Labute approximate surface area is 209 Å². The Morgan fingerprint density at radius 3 is 1.66 bits per heavy atom. The fraction of sp³-hybridized carbons (Fsp3) is 0.714. The summed E-state index contributed by atoms with van der Waals surface area (Å²) in [4.78, 5) is 23.6. The number of benzene rings is 1. The zero-order valence-corrected chi connectivity index (χ0v) is 21.3. The Morgan fingerprint density at radius 1 is 0.714 bits per heavy atom. The third kappa shape index (κ3) is 16.3. The predicted molar refractivity (Wildman–Crippen MR) is 132 cm³/mol. The summed E-state index contributed by atoms with van der Waals surface area (Å²) in [5, 5.41) is 0. The topological polar surface area (TPSA) is 52.6 Å². The second-order valence-corrected chi connectivity index (χ2v) is 9.14. The van der Waals surface area contributed by atoms with Gasteiger partial charge in [0.05, 0.1) is 19.4 Å². The van der Waals surface area contributed by atoms with E-state index in [0.29, 0.717) is 0 Å². The third-order valence-electron chi connectivity index (χ3n) is 5.94. The van der Waals surface area contributed by atoms with Crippen LogP contribution in [0.15, 0.2) is 30.3 Å². The third-order valence-corrected chi connectivity index (χ3v) is 5.94. The zero-order valence-electron chi connectivity index (χ0n) is 21.3. The first-order valence-electron chi connectivity index (χ1n) is 13.3. The van der Waals surface area contributed by atoms with Gasteiger partial charge >= 0.3 is 18.1 Å². The highest BCUT2D eigenvalue weighted by molar-refractivity contribution is 5.77. The molecule has 7 heteroatoms. The van der Waals surface area contributed by atoms with Crippen molar-refractivity contribution in [3.05, 3.63) is 35.9 Å². The van der Waals surface area contributed by atoms with Gasteiger partial charge in [0.15, 0.2) is 0 Å². The molecule has 0 aliphatic heterocycles. The molecule has 0 amide bonds. The summed E-state index contributed by atoms with van der Waals surface area (Å²) >= 11 is 0. The number of alkyl halides is 3. The molecule has 0 aliphatic carbocycles. The molecule has 1 atom stereocenters.